The van der Waals surface area contributed by atoms with Gasteiger partial charge in [-0.2, -0.15) is 0 Å². The molecule has 0 saturated carbocycles. The van der Waals surface area contributed by atoms with Gasteiger partial charge in [0.2, 0.25) is 5.13 Å². The second kappa shape index (κ2) is 5.84. The molecule has 2 aromatic carbocycles. The summed E-state index contributed by atoms with van der Waals surface area (Å²) in [6.45, 7) is 2.62. The first-order chi connectivity index (χ1) is 9.88. The molecular weight excluding hydrogens is 268 g/mol. The summed E-state index contributed by atoms with van der Waals surface area (Å²) in [6, 6.07) is 12.3. The first-order valence-corrected chi connectivity index (χ1v) is 7.34. The Morgan fingerprint density at radius 1 is 1.25 bits per heavy atom. The molecule has 0 spiro atoms. The van der Waals surface area contributed by atoms with Gasteiger partial charge < -0.3 is 4.74 Å². The van der Waals surface area contributed by atoms with Gasteiger partial charge in [-0.25, -0.2) is 9.98 Å². The van der Waals surface area contributed by atoms with Gasteiger partial charge >= 0.3 is 0 Å². The van der Waals surface area contributed by atoms with Crippen molar-refractivity contribution in [2.75, 3.05) is 6.61 Å². The van der Waals surface area contributed by atoms with Crippen molar-refractivity contribution in [1.82, 2.24) is 4.98 Å². The van der Waals surface area contributed by atoms with E-state index < -0.39 is 0 Å². The lowest BCUT2D eigenvalue weighted by atomic mass is 10.0. The number of rotatable bonds is 4. The number of hydrogen-bond donors (Lipinski definition) is 0. The molecule has 20 heavy (non-hydrogen) atoms. The molecule has 0 aliphatic carbocycles. The largest absolute Gasteiger partial charge is 0.493 e. The van der Waals surface area contributed by atoms with Gasteiger partial charge in [-0.15, -0.1) is 11.3 Å². The van der Waals surface area contributed by atoms with E-state index in [2.05, 4.69) is 28.2 Å². The maximum atomic E-state index is 5.71. The summed E-state index contributed by atoms with van der Waals surface area (Å²) in [5.41, 5.74) is 1.00. The average molecular weight is 282 g/mol. The first-order valence-electron chi connectivity index (χ1n) is 6.46. The van der Waals surface area contributed by atoms with Gasteiger partial charge in [0.25, 0.3) is 0 Å². The summed E-state index contributed by atoms with van der Waals surface area (Å²) in [4.78, 5) is 8.60. The molecule has 1 heterocycles. The Bertz CT molecular complexity index is 735. The molecule has 0 radical (unpaired) electrons. The van der Waals surface area contributed by atoms with E-state index >= 15 is 0 Å². The number of nitrogens with zero attached hydrogens (tertiary/aromatic N) is 2. The van der Waals surface area contributed by atoms with E-state index in [1.54, 1.807) is 6.20 Å². The highest BCUT2D eigenvalue weighted by Gasteiger charge is 2.06. The lowest BCUT2D eigenvalue weighted by molar-refractivity contribution is 0.340. The number of fused-ring (bicyclic) bond motifs is 1. The first kappa shape index (κ1) is 12.8. The minimum atomic E-state index is 0.635. The van der Waals surface area contributed by atoms with Gasteiger partial charge in [0, 0.05) is 23.4 Å². The Balaban J connectivity index is 2.12. The molecule has 3 nitrogen and oxygen atoms in total. The summed E-state index contributed by atoms with van der Waals surface area (Å²) in [5, 5.41) is 4.98. The third-order valence-corrected chi connectivity index (χ3v) is 3.63. The smallest absolute Gasteiger partial charge is 0.209 e. The highest BCUT2D eigenvalue weighted by atomic mass is 32.1. The summed E-state index contributed by atoms with van der Waals surface area (Å²) in [6.07, 6.45) is 3.59. The van der Waals surface area contributed by atoms with Crippen LogP contribution >= 0.6 is 11.3 Å². The Labute approximate surface area is 121 Å². The highest BCUT2D eigenvalue weighted by Crippen LogP contribution is 2.27. The Morgan fingerprint density at radius 2 is 2.15 bits per heavy atom. The highest BCUT2D eigenvalue weighted by molar-refractivity contribution is 7.13. The summed E-state index contributed by atoms with van der Waals surface area (Å²) in [7, 11) is 0. The molecule has 0 atom stereocenters. The molecule has 100 valence electrons. The van der Waals surface area contributed by atoms with Crippen LogP contribution in [0.2, 0.25) is 0 Å². The van der Waals surface area contributed by atoms with Gasteiger partial charge in [0.05, 0.1) is 6.61 Å². The maximum Gasteiger partial charge on any atom is 0.209 e. The van der Waals surface area contributed by atoms with Crippen LogP contribution in [0.25, 0.3) is 10.8 Å². The monoisotopic (exact) mass is 282 g/mol. The van der Waals surface area contributed by atoms with E-state index in [9.17, 15) is 0 Å². The topological polar surface area (TPSA) is 34.5 Å². The molecular formula is C16H14N2OS. The van der Waals surface area contributed by atoms with Crippen LogP contribution in [0.15, 0.2) is 53.0 Å². The van der Waals surface area contributed by atoms with Gasteiger partial charge in [-0.3, -0.25) is 0 Å². The van der Waals surface area contributed by atoms with Crippen molar-refractivity contribution in [2.45, 2.75) is 6.92 Å². The van der Waals surface area contributed by atoms with E-state index in [1.165, 1.54) is 16.7 Å². The predicted molar refractivity (Wildman–Crippen MR) is 84.5 cm³/mol. The van der Waals surface area contributed by atoms with Gasteiger partial charge in [-0.05, 0) is 23.8 Å². The normalized spacial score (nSPS) is 11.2. The quantitative estimate of drug-likeness (QED) is 0.663. The number of ether oxygens (including phenoxy) is 1. The van der Waals surface area contributed by atoms with Crippen LogP contribution in [0.5, 0.6) is 5.75 Å². The zero-order valence-corrected chi connectivity index (χ0v) is 11.9. The van der Waals surface area contributed by atoms with Crippen LogP contribution in [0.4, 0.5) is 5.13 Å². The van der Waals surface area contributed by atoms with E-state index in [1.807, 2.05) is 36.7 Å². The molecule has 3 rings (SSSR count). The second-order valence-corrected chi connectivity index (χ2v) is 5.08. The molecule has 0 aliphatic heterocycles. The van der Waals surface area contributed by atoms with E-state index in [-0.39, 0.29) is 0 Å². The van der Waals surface area contributed by atoms with Crippen LogP contribution in [-0.2, 0) is 0 Å². The maximum absolute atomic E-state index is 5.71. The molecule has 0 N–H and O–H groups in total. The minimum Gasteiger partial charge on any atom is -0.493 e. The molecule has 0 bridgehead atoms. The third kappa shape index (κ3) is 2.56. The fourth-order valence-electron chi connectivity index (χ4n) is 2.09. The molecule has 0 saturated heterocycles. The number of hydrogen-bond acceptors (Lipinski definition) is 4. The predicted octanol–water partition coefficient (Wildman–Crippen LogP) is 4.45. The van der Waals surface area contributed by atoms with Crippen molar-refractivity contribution in [2.24, 2.45) is 4.99 Å². The lowest BCUT2D eigenvalue weighted by Gasteiger charge is -2.09. The van der Waals surface area contributed by atoms with Crippen LogP contribution in [0.1, 0.15) is 12.5 Å². The van der Waals surface area contributed by atoms with Gasteiger partial charge in [0.15, 0.2) is 0 Å². The van der Waals surface area contributed by atoms with Crippen molar-refractivity contribution in [1.29, 1.82) is 0 Å². The zero-order valence-electron chi connectivity index (χ0n) is 11.1. The van der Waals surface area contributed by atoms with E-state index in [0.29, 0.717) is 6.61 Å². The van der Waals surface area contributed by atoms with Gasteiger partial charge in [0.1, 0.15) is 5.75 Å². The minimum absolute atomic E-state index is 0.635. The lowest BCUT2D eigenvalue weighted by Crippen LogP contribution is -1.97. The van der Waals surface area contributed by atoms with E-state index in [4.69, 9.17) is 4.74 Å². The molecule has 0 fully saturated rings. The summed E-state index contributed by atoms with van der Waals surface area (Å²) < 4.78 is 5.71. The van der Waals surface area contributed by atoms with Crippen LogP contribution in [-0.4, -0.2) is 17.8 Å². The van der Waals surface area contributed by atoms with Crippen molar-refractivity contribution in [3.05, 3.63) is 53.5 Å². The molecule has 4 heteroatoms. The van der Waals surface area contributed by atoms with Crippen molar-refractivity contribution < 1.29 is 4.74 Å². The number of thiazole rings is 1. The third-order valence-electron chi connectivity index (χ3n) is 2.95. The van der Waals surface area contributed by atoms with Crippen LogP contribution in [0, 0.1) is 0 Å². The van der Waals surface area contributed by atoms with Crippen LogP contribution < -0.4 is 4.74 Å². The number of aromatic nitrogens is 1. The fraction of sp³-hybridized carbons (Fsp3) is 0.125. The number of benzene rings is 2. The second-order valence-electron chi connectivity index (χ2n) is 4.20. The molecule has 1 aromatic heterocycles. The van der Waals surface area contributed by atoms with Crippen molar-refractivity contribution in [3.8, 4) is 5.75 Å². The Hall–Kier alpha value is -2.20. The van der Waals surface area contributed by atoms with Gasteiger partial charge in [-0.1, -0.05) is 30.3 Å². The Kier molecular flexibility index (Phi) is 3.74. The summed E-state index contributed by atoms with van der Waals surface area (Å²) in [5.74, 6) is 0.853. The average Bonchev–Trinajstić information content (AvgIpc) is 2.99. The SMILES string of the molecule is CCOc1ccc2ccccc2c1C=Nc1nccs1. The summed E-state index contributed by atoms with van der Waals surface area (Å²) >= 11 is 1.52. The zero-order chi connectivity index (χ0) is 13.8. The standard InChI is InChI=1S/C16H14N2OS/c1-2-19-15-8-7-12-5-3-4-6-13(12)14(15)11-18-16-17-9-10-20-16/h3-11H,2H2,1H3. The van der Waals surface area contributed by atoms with Crippen LogP contribution in [0.3, 0.4) is 0 Å². The molecule has 0 amide bonds. The molecule has 0 unspecified atom stereocenters. The van der Waals surface area contributed by atoms with Crippen molar-refractivity contribution >= 4 is 33.5 Å². The molecule has 3 aromatic rings. The fourth-order valence-corrected chi connectivity index (χ4v) is 2.57. The van der Waals surface area contributed by atoms with Crippen molar-refractivity contribution in [3.63, 3.8) is 0 Å². The van der Waals surface area contributed by atoms with E-state index in [0.717, 1.165) is 21.8 Å². The number of aliphatic imine (C=N–C) groups is 1. The Morgan fingerprint density at radius 3 is 2.95 bits per heavy atom. The molecule has 0 aliphatic rings.